The van der Waals surface area contributed by atoms with Crippen LogP contribution in [0.2, 0.25) is 0 Å². The van der Waals surface area contributed by atoms with Gasteiger partial charge in [0.15, 0.2) is 5.69 Å². The molecular formula is C14H15FN4O. The van der Waals surface area contributed by atoms with Gasteiger partial charge in [-0.25, -0.2) is 4.39 Å². The van der Waals surface area contributed by atoms with Gasteiger partial charge in [0, 0.05) is 12.5 Å². The van der Waals surface area contributed by atoms with Gasteiger partial charge in [-0.1, -0.05) is 12.1 Å². The molecule has 1 aliphatic carbocycles. The van der Waals surface area contributed by atoms with Crippen molar-refractivity contribution in [2.75, 3.05) is 5.73 Å². The van der Waals surface area contributed by atoms with Crippen LogP contribution < -0.4 is 11.1 Å². The molecule has 5 nitrogen and oxygen atoms in total. The molecule has 6 heteroatoms. The number of nitrogens with one attached hydrogen (secondary N) is 2. The number of benzene rings is 1. The maximum absolute atomic E-state index is 12.8. The molecule has 1 amide bonds. The van der Waals surface area contributed by atoms with E-state index in [1.54, 1.807) is 12.1 Å². The van der Waals surface area contributed by atoms with Gasteiger partial charge in [-0.2, -0.15) is 5.10 Å². The molecule has 0 bridgehead atoms. The molecule has 2 aromatic rings. The second kappa shape index (κ2) is 4.96. The summed E-state index contributed by atoms with van der Waals surface area (Å²) in [7, 11) is 0. The fourth-order valence-electron chi connectivity index (χ4n) is 2.09. The Labute approximate surface area is 115 Å². The Bertz CT molecular complexity index is 631. The maximum Gasteiger partial charge on any atom is 0.274 e. The summed E-state index contributed by atoms with van der Waals surface area (Å²) >= 11 is 0. The van der Waals surface area contributed by atoms with Gasteiger partial charge in [0.05, 0.1) is 11.4 Å². The highest BCUT2D eigenvalue weighted by atomic mass is 19.1. The predicted molar refractivity (Wildman–Crippen MR) is 72.5 cm³/mol. The quantitative estimate of drug-likeness (QED) is 0.796. The highest BCUT2D eigenvalue weighted by molar-refractivity contribution is 5.97. The smallest absolute Gasteiger partial charge is 0.274 e. The molecule has 1 saturated carbocycles. The van der Waals surface area contributed by atoms with Crippen LogP contribution in [0.4, 0.5) is 10.1 Å². The minimum Gasteiger partial charge on any atom is -0.395 e. The summed E-state index contributed by atoms with van der Waals surface area (Å²) in [5.41, 5.74) is 8.27. The van der Waals surface area contributed by atoms with Crippen molar-refractivity contribution in [3.05, 3.63) is 47.0 Å². The topological polar surface area (TPSA) is 83.8 Å². The largest absolute Gasteiger partial charge is 0.395 e. The molecule has 104 valence electrons. The number of nitrogen functional groups attached to an aromatic ring is 1. The first kappa shape index (κ1) is 12.7. The van der Waals surface area contributed by atoms with Gasteiger partial charge in [0.2, 0.25) is 0 Å². The summed E-state index contributed by atoms with van der Waals surface area (Å²) in [6.45, 7) is 0.310. The lowest BCUT2D eigenvalue weighted by molar-refractivity contribution is 0.0947. The van der Waals surface area contributed by atoms with E-state index < -0.39 is 0 Å². The van der Waals surface area contributed by atoms with E-state index in [-0.39, 0.29) is 17.4 Å². The molecule has 0 spiro atoms. The normalized spacial score (nSPS) is 14.2. The predicted octanol–water partition coefficient (Wildman–Crippen LogP) is 1.94. The number of aromatic amines is 1. The molecule has 1 fully saturated rings. The van der Waals surface area contributed by atoms with Gasteiger partial charge in [0.25, 0.3) is 5.91 Å². The molecule has 0 aliphatic heterocycles. The number of anilines is 1. The number of hydrogen-bond donors (Lipinski definition) is 3. The van der Waals surface area contributed by atoms with Crippen LogP contribution >= 0.6 is 0 Å². The molecule has 0 radical (unpaired) electrons. The van der Waals surface area contributed by atoms with E-state index in [4.69, 9.17) is 5.73 Å². The maximum atomic E-state index is 12.8. The highest BCUT2D eigenvalue weighted by Crippen LogP contribution is 2.42. The fourth-order valence-corrected chi connectivity index (χ4v) is 2.09. The Kier molecular flexibility index (Phi) is 3.14. The lowest BCUT2D eigenvalue weighted by Crippen LogP contribution is -2.24. The number of nitrogens with zero attached hydrogens (tertiary/aromatic N) is 1. The van der Waals surface area contributed by atoms with Crippen molar-refractivity contribution >= 4 is 11.6 Å². The van der Waals surface area contributed by atoms with Gasteiger partial charge >= 0.3 is 0 Å². The van der Waals surface area contributed by atoms with Crippen LogP contribution in [-0.2, 0) is 6.54 Å². The van der Waals surface area contributed by atoms with E-state index in [0.717, 1.165) is 24.1 Å². The third kappa shape index (κ3) is 2.49. The van der Waals surface area contributed by atoms with Crippen LogP contribution in [0.5, 0.6) is 0 Å². The van der Waals surface area contributed by atoms with E-state index >= 15 is 0 Å². The number of carbonyl (C=O) groups excluding carboxylic acids is 1. The van der Waals surface area contributed by atoms with Crippen LogP contribution in [0.1, 0.15) is 40.5 Å². The zero-order chi connectivity index (χ0) is 14.1. The molecular weight excluding hydrogens is 259 g/mol. The van der Waals surface area contributed by atoms with E-state index in [2.05, 4.69) is 15.5 Å². The van der Waals surface area contributed by atoms with Gasteiger partial charge in [-0.15, -0.1) is 0 Å². The third-order valence-corrected chi connectivity index (χ3v) is 3.40. The third-order valence-electron chi connectivity index (χ3n) is 3.40. The van der Waals surface area contributed by atoms with Gasteiger partial charge < -0.3 is 11.1 Å². The zero-order valence-electron chi connectivity index (χ0n) is 10.8. The van der Waals surface area contributed by atoms with Gasteiger partial charge in [-0.3, -0.25) is 9.89 Å². The summed E-state index contributed by atoms with van der Waals surface area (Å²) in [5, 5.41) is 9.54. The second-order valence-electron chi connectivity index (χ2n) is 4.98. The van der Waals surface area contributed by atoms with Gasteiger partial charge in [0.1, 0.15) is 5.82 Å². The van der Waals surface area contributed by atoms with Crippen molar-refractivity contribution in [3.63, 3.8) is 0 Å². The van der Waals surface area contributed by atoms with E-state index in [9.17, 15) is 9.18 Å². The highest BCUT2D eigenvalue weighted by Gasteiger charge is 2.30. The minimum absolute atomic E-state index is 0.231. The van der Waals surface area contributed by atoms with Crippen molar-refractivity contribution in [3.8, 4) is 0 Å². The number of rotatable bonds is 4. The Morgan fingerprint density at radius 1 is 1.40 bits per heavy atom. The van der Waals surface area contributed by atoms with Crippen molar-refractivity contribution < 1.29 is 9.18 Å². The van der Waals surface area contributed by atoms with Crippen LogP contribution in [0.3, 0.4) is 0 Å². The SMILES string of the molecule is Nc1c(C(=O)NCc2ccc(F)cc2)n[nH]c1C1CC1. The van der Waals surface area contributed by atoms with E-state index in [0.29, 0.717) is 18.2 Å². The molecule has 4 N–H and O–H groups in total. The number of carbonyl (C=O) groups is 1. The van der Waals surface area contributed by atoms with Crippen molar-refractivity contribution in [2.24, 2.45) is 0 Å². The monoisotopic (exact) mass is 274 g/mol. The molecule has 0 unspecified atom stereocenters. The number of nitrogens with two attached hydrogens (primary N) is 1. The van der Waals surface area contributed by atoms with Crippen LogP contribution in [0.15, 0.2) is 24.3 Å². The average molecular weight is 274 g/mol. The average Bonchev–Trinajstić information content (AvgIpc) is 3.21. The summed E-state index contributed by atoms with van der Waals surface area (Å²) in [4.78, 5) is 12.0. The fraction of sp³-hybridized carbons (Fsp3) is 0.286. The van der Waals surface area contributed by atoms with E-state index in [1.165, 1.54) is 12.1 Å². The van der Waals surface area contributed by atoms with Crippen LogP contribution in [0.25, 0.3) is 0 Å². The van der Waals surface area contributed by atoms with Crippen LogP contribution in [-0.4, -0.2) is 16.1 Å². The number of H-pyrrole nitrogens is 1. The molecule has 1 aliphatic rings. The molecule has 0 saturated heterocycles. The Morgan fingerprint density at radius 3 is 2.75 bits per heavy atom. The Morgan fingerprint density at radius 2 is 2.10 bits per heavy atom. The number of amides is 1. The molecule has 1 aromatic heterocycles. The number of hydrogen-bond acceptors (Lipinski definition) is 3. The molecule has 3 rings (SSSR count). The summed E-state index contributed by atoms with van der Waals surface area (Å²) in [6, 6.07) is 5.96. The molecule has 1 aromatic carbocycles. The lowest BCUT2D eigenvalue weighted by Gasteiger charge is -2.04. The minimum atomic E-state index is -0.324. The summed E-state index contributed by atoms with van der Waals surface area (Å²) in [6.07, 6.45) is 2.17. The molecule has 1 heterocycles. The zero-order valence-corrected chi connectivity index (χ0v) is 10.8. The van der Waals surface area contributed by atoms with Crippen molar-refractivity contribution in [1.29, 1.82) is 0 Å². The van der Waals surface area contributed by atoms with Crippen molar-refractivity contribution in [2.45, 2.75) is 25.3 Å². The lowest BCUT2D eigenvalue weighted by atomic mass is 10.2. The summed E-state index contributed by atoms with van der Waals surface area (Å²) in [5.74, 6) is -0.207. The standard InChI is InChI=1S/C14H15FN4O/c15-10-5-1-8(2-6-10)7-17-14(20)13-11(16)12(18-19-13)9-3-4-9/h1-2,5-6,9H,3-4,7,16H2,(H,17,20)(H,18,19). The molecule has 20 heavy (non-hydrogen) atoms. The molecule has 0 atom stereocenters. The first-order valence-electron chi connectivity index (χ1n) is 6.51. The number of halogens is 1. The second-order valence-corrected chi connectivity index (χ2v) is 4.98. The Balaban J connectivity index is 1.65. The van der Waals surface area contributed by atoms with Crippen LogP contribution in [0, 0.1) is 5.82 Å². The number of aromatic nitrogens is 2. The first-order chi connectivity index (χ1) is 9.65. The van der Waals surface area contributed by atoms with Crippen molar-refractivity contribution in [1.82, 2.24) is 15.5 Å². The van der Waals surface area contributed by atoms with Gasteiger partial charge in [-0.05, 0) is 30.5 Å². The Hall–Kier alpha value is -2.37. The first-order valence-corrected chi connectivity index (χ1v) is 6.51. The summed E-state index contributed by atoms with van der Waals surface area (Å²) < 4.78 is 12.8. The van der Waals surface area contributed by atoms with E-state index in [1.807, 2.05) is 0 Å².